The lowest BCUT2D eigenvalue weighted by Crippen LogP contribution is -2.20. The first-order valence-corrected chi connectivity index (χ1v) is 9.90. The Labute approximate surface area is 172 Å². The third kappa shape index (κ3) is 6.99. The zero-order chi connectivity index (χ0) is 20.5. The van der Waals surface area contributed by atoms with Gasteiger partial charge in [-0.15, -0.1) is 11.3 Å². The van der Waals surface area contributed by atoms with Gasteiger partial charge in [0, 0.05) is 40.7 Å². The molecule has 0 aliphatic carbocycles. The Morgan fingerprint density at radius 1 is 1.14 bits per heavy atom. The molecule has 150 valence electrons. The predicted molar refractivity (Wildman–Crippen MR) is 109 cm³/mol. The summed E-state index contributed by atoms with van der Waals surface area (Å²) >= 11 is 8.09. The molecule has 1 aromatic heterocycles. The Hall–Kier alpha value is -2.35. The molecule has 0 unspecified atom stereocenters. The highest BCUT2D eigenvalue weighted by molar-refractivity contribution is 7.09. The van der Waals surface area contributed by atoms with E-state index in [9.17, 15) is 9.59 Å². The fraction of sp³-hybridized carbons (Fsp3) is 0.300. The molecule has 0 radical (unpaired) electrons. The molecule has 0 spiro atoms. The molecule has 1 aliphatic rings. The molecular formula is C20H22ClNO5S. The van der Waals surface area contributed by atoms with Crippen molar-refractivity contribution in [2.45, 2.75) is 19.4 Å². The predicted octanol–water partition coefficient (Wildman–Crippen LogP) is 3.72. The number of carboxylic acid groups (broad SMARTS) is 2. The summed E-state index contributed by atoms with van der Waals surface area (Å²) in [5.74, 6) is -1.52. The molecule has 6 nitrogen and oxygen atoms in total. The molecule has 2 heterocycles. The molecule has 28 heavy (non-hydrogen) atoms. The number of nitrogens with zero attached hydrogens (tertiary/aromatic N) is 1. The highest BCUT2D eigenvalue weighted by atomic mass is 35.5. The van der Waals surface area contributed by atoms with Crippen LogP contribution in [0, 0.1) is 0 Å². The van der Waals surface area contributed by atoms with Gasteiger partial charge in [0.1, 0.15) is 12.4 Å². The Kier molecular flexibility index (Phi) is 8.50. The van der Waals surface area contributed by atoms with Crippen molar-refractivity contribution in [2.75, 3.05) is 20.1 Å². The summed E-state index contributed by atoms with van der Waals surface area (Å²) in [7, 11) is 2.16. The van der Waals surface area contributed by atoms with Gasteiger partial charge in [-0.2, -0.15) is 0 Å². The van der Waals surface area contributed by atoms with Crippen molar-refractivity contribution in [2.24, 2.45) is 0 Å². The zero-order valence-corrected chi connectivity index (χ0v) is 17.0. The van der Waals surface area contributed by atoms with Gasteiger partial charge < -0.3 is 19.8 Å². The molecule has 0 amide bonds. The van der Waals surface area contributed by atoms with E-state index in [0.29, 0.717) is 18.8 Å². The summed E-state index contributed by atoms with van der Waals surface area (Å²) < 4.78 is 6.03. The number of fused-ring (bicyclic) bond motifs is 1. The minimum absolute atomic E-state index is 0.558. The van der Waals surface area contributed by atoms with E-state index < -0.39 is 11.9 Å². The maximum atomic E-state index is 9.55. The van der Waals surface area contributed by atoms with E-state index in [2.05, 4.69) is 29.5 Å². The number of likely N-dealkylation sites (N-methyl/N-ethyl adjacent to an activating group) is 1. The van der Waals surface area contributed by atoms with E-state index in [1.807, 2.05) is 12.1 Å². The molecule has 1 aliphatic heterocycles. The molecule has 8 heteroatoms. The molecule has 0 saturated heterocycles. The number of carboxylic acids is 2. The van der Waals surface area contributed by atoms with E-state index in [1.165, 1.54) is 16.0 Å². The molecule has 0 fully saturated rings. The van der Waals surface area contributed by atoms with Crippen LogP contribution in [0.15, 0.2) is 41.8 Å². The fourth-order valence-corrected chi connectivity index (χ4v) is 3.61. The van der Waals surface area contributed by atoms with Crippen LogP contribution in [0.3, 0.4) is 0 Å². The first-order valence-electron chi connectivity index (χ1n) is 8.64. The average molecular weight is 424 g/mol. The minimum Gasteiger partial charge on any atom is -0.488 e. The Morgan fingerprint density at radius 2 is 1.79 bits per heavy atom. The van der Waals surface area contributed by atoms with E-state index in [0.717, 1.165) is 36.7 Å². The lowest BCUT2D eigenvalue weighted by atomic mass is 10.0. The fourth-order valence-electron chi connectivity index (χ4n) is 2.73. The number of rotatable bonds is 5. The summed E-state index contributed by atoms with van der Waals surface area (Å²) in [6.07, 6.45) is 3.12. The van der Waals surface area contributed by atoms with Gasteiger partial charge in [0.15, 0.2) is 0 Å². The first kappa shape index (κ1) is 21.9. The van der Waals surface area contributed by atoms with Crippen LogP contribution in [0.4, 0.5) is 0 Å². The number of carbonyl (C=O) groups is 2. The number of aliphatic carboxylic acids is 2. The summed E-state index contributed by atoms with van der Waals surface area (Å²) in [5, 5.41) is 18.6. The molecule has 2 N–H and O–H groups in total. The van der Waals surface area contributed by atoms with Crippen LogP contribution in [0.2, 0.25) is 5.02 Å². The largest absolute Gasteiger partial charge is 0.488 e. The summed E-state index contributed by atoms with van der Waals surface area (Å²) in [6, 6.07) is 8.14. The van der Waals surface area contributed by atoms with Gasteiger partial charge in [0.05, 0.1) is 0 Å². The van der Waals surface area contributed by atoms with Crippen molar-refractivity contribution in [1.82, 2.24) is 4.90 Å². The normalized spacial score (nSPS) is 13.9. The van der Waals surface area contributed by atoms with Crippen molar-refractivity contribution in [1.29, 1.82) is 0 Å². The molecule has 0 atom stereocenters. The van der Waals surface area contributed by atoms with Gasteiger partial charge in [-0.3, -0.25) is 0 Å². The van der Waals surface area contributed by atoms with Crippen LogP contribution < -0.4 is 4.74 Å². The van der Waals surface area contributed by atoms with Crippen molar-refractivity contribution < 1.29 is 24.5 Å². The Bertz CT molecular complexity index is 819. The van der Waals surface area contributed by atoms with E-state index in [1.54, 1.807) is 11.3 Å². The number of hydrogen-bond acceptors (Lipinski definition) is 5. The first-order chi connectivity index (χ1) is 13.4. The Balaban J connectivity index is 0.000000300. The zero-order valence-electron chi connectivity index (χ0n) is 15.4. The average Bonchev–Trinajstić information content (AvgIpc) is 3.09. The second-order valence-electron chi connectivity index (χ2n) is 6.18. The number of hydrogen-bond donors (Lipinski definition) is 2. The van der Waals surface area contributed by atoms with Gasteiger partial charge in [-0.25, -0.2) is 9.59 Å². The topological polar surface area (TPSA) is 87.1 Å². The highest BCUT2D eigenvalue weighted by Gasteiger charge is 2.18. The van der Waals surface area contributed by atoms with E-state index >= 15 is 0 Å². The van der Waals surface area contributed by atoms with Gasteiger partial charge in [0.2, 0.25) is 0 Å². The standard InChI is InChI=1S/C16H18ClNOS.C4H4O4/c1-18-8-6-13-14(7-9-18)16(5-4-15(13)17)19-11-12-3-2-10-20-12;5-3(6)1-2-4(7)8/h2-5,10H,6-9,11H2,1H3;1-2H,(H,5,6)(H,7,8)/b;2-1-. The quantitative estimate of drug-likeness (QED) is 0.712. The molecular weight excluding hydrogens is 402 g/mol. The molecule has 1 aromatic carbocycles. The summed E-state index contributed by atoms with van der Waals surface area (Å²) in [5.41, 5.74) is 2.55. The molecule has 3 rings (SSSR count). The van der Waals surface area contributed by atoms with Crippen LogP contribution in [-0.4, -0.2) is 47.2 Å². The maximum absolute atomic E-state index is 9.55. The molecule has 2 aromatic rings. The number of ether oxygens (including phenoxy) is 1. The van der Waals surface area contributed by atoms with Crippen molar-refractivity contribution in [3.05, 3.63) is 62.8 Å². The summed E-state index contributed by atoms with van der Waals surface area (Å²) in [4.78, 5) is 22.7. The van der Waals surface area contributed by atoms with Crippen LogP contribution in [0.1, 0.15) is 16.0 Å². The van der Waals surface area contributed by atoms with Crippen molar-refractivity contribution in [3.63, 3.8) is 0 Å². The molecule has 0 bridgehead atoms. The Morgan fingerprint density at radius 3 is 2.36 bits per heavy atom. The van der Waals surface area contributed by atoms with Gasteiger partial charge in [0.25, 0.3) is 0 Å². The monoisotopic (exact) mass is 423 g/mol. The number of halogens is 1. The lowest BCUT2D eigenvalue weighted by Gasteiger charge is -2.14. The highest BCUT2D eigenvalue weighted by Crippen LogP contribution is 2.32. The van der Waals surface area contributed by atoms with E-state index in [-0.39, 0.29) is 0 Å². The molecule has 0 saturated carbocycles. The SMILES string of the molecule is CN1CCc2c(Cl)ccc(OCc3cccs3)c2CC1.O=C(O)/C=C\C(=O)O. The van der Waals surface area contributed by atoms with Crippen molar-refractivity contribution in [3.8, 4) is 5.75 Å². The maximum Gasteiger partial charge on any atom is 0.328 e. The van der Waals surface area contributed by atoms with Gasteiger partial charge >= 0.3 is 11.9 Å². The second-order valence-corrected chi connectivity index (χ2v) is 7.62. The van der Waals surface area contributed by atoms with Gasteiger partial charge in [-0.1, -0.05) is 17.7 Å². The van der Waals surface area contributed by atoms with Crippen LogP contribution in [0.5, 0.6) is 5.75 Å². The van der Waals surface area contributed by atoms with Crippen LogP contribution in [0.25, 0.3) is 0 Å². The third-order valence-electron chi connectivity index (χ3n) is 4.14. The van der Waals surface area contributed by atoms with E-state index in [4.69, 9.17) is 26.6 Å². The van der Waals surface area contributed by atoms with Crippen LogP contribution >= 0.6 is 22.9 Å². The number of thiophene rings is 1. The number of benzene rings is 1. The third-order valence-corrected chi connectivity index (χ3v) is 5.34. The van der Waals surface area contributed by atoms with Gasteiger partial charge in [-0.05, 0) is 49.0 Å². The smallest absolute Gasteiger partial charge is 0.328 e. The lowest BCUT2D eigenvalue weighted by molar-refractivity contribution is -0.134. The minimum atomic E-state index is -1.26. The summed E-state index contributed by atoms with van der Waals surface area (Å²) in [6.45, 7) is 2.76. The van der Waals surface area contributed by atoms with Crippen LogP contribution in [-0.2, 0) is 29.0 Å². The second kappa shape index (κ2) is 10.8. The van der Waals surface area contributed by atoms with Crippen molar-refractivity contribution >= 4 is 34.9 Å².